The number of anilines is 2. The van der Waals surface area contributed by atoms with E-state index in [0.29, 0.717) is 22.5 Å². The van der Waals surface area contributed by atoms with Gasteiger partial charge < -0.3 is 15.6 Å². The molecular weight excluding hydrogens is 306 g/mol. The average Bonchev–Trinajstić information content (AvgIpc) is 2.87. The molecular formula is C16H17N7O. The highest BCUT2D eigenvalue weighted by Gasteiger charge is 2.17. The molecule has 2 heterocycles. The van der Waals surface area contributed by atoms with Crippen LogP contribution < -0.4 is 16.4 Å². The van der Waals surface area contributed by atoms with E-state index in [1.165, 1.54) is 6.33 Å². The minimum Gasteiger partial charge on any atom is -0.370 e. The van der Waals surface area contributed by atoms with Gasteiger partial charge in [-0.2, -0.15) is 0 Å². The lowest BCUT2D eigenvalue weighted by Gasteiger charge is -2.07. The van der Waals surface area contributed by atoms with E-state index < -0.39 is 11.9 Å². The van der Waals surface area contributed by atoms with Crippen molar-refractivity contribution >= 4 is 34.4 Å². The number of fused-ring (bicyclic) bond motifs is 1. The van der Waals surface area contributed by atoms with Gasteiger partial charge in [0.15, 0.2) is 5.96 Å². The zero-order chi connectivity index (χ0) is 17.3. The van der Waals surface area contributed by atoms with Crippen molar-refractivity contribution in [2.24, 2.45) is 12.8 Å². The number of aromatic nitrogens is 3. The number of guanidine groups is 1. The fourth-order valence-electron chi connectivity index (χ4n) is 2.41. The van der Waals surface area contributed by atoms with Crippen LogP contribution in [-0.2, 0) is 7.05 Å². The fraction of sp³-hybridized carbons (Fsp3) is 0.125. The fourth-order valence-corrected chi connectivity index (χ4v) is 2.41. The van der Waals surface area contributed by atoms with Crippen LogP contribution in [0.4, 0.5) is 11.5 Å². The Balaban J connectivity index is 2.02. The smallest absolute Gasteiger partial charge is 0.274 e. The lowest BCUT2D eigenvalue weighted by atomic mass is 10.2. The number of nitrogens with one attached hydrogen (secondary N) is 3. The summed E-state index contributed by atoms with van der Waals surface area (Å²) in [5.41, 5.74) is 8.22. The third kappa shape index (κ3) is 2.89. The lowest BCUT2D eigenvalue weighted by Crippen LogP contribution is -2.36. The number of nitrogens with zero attached hydrogens (tertiary/aromatic N) is 3. The van der Waals surface area contributed by atoms with Crippen molar-refractivity contribution in [2.45, 2.75) is 6.92 Å². The number of hydrogen-bond donors (Lipinski definition) is 4. The van der Waals surface area contributed by atoms with Crippen LogP contribution in [0.3, 0.4) is 0 Å². The Morgan fingerprint density at radius 1 is 1.25 bits per heavy atom. The number of amides is 1. The van der Waals surface area contributed by atoms with Gasteiger partial charge in [-0.15, -0.1) is 0 Å². The zero-order valence-corrected chi connectivity index (χ0v) is 13.3. The maximum Gasteiger partial charge on any atom is 0.274 e. The van der Waals surface area contributed by atoms with Gasteiger partial charge >= 0.3 is 0 Å². The van der Waals surface area contributed by atoms with Crippen LogP contribution in [0, 0.1) is 12.3 Å². The molecule has 0 spiro atoms. The Kier molecular flexibility index (Phi) is 3.87. The van der Waals surface area contributed by atoms with Crippen molar-refractivity contribution in [3.8, 4) is 0 Å². The van der Waals surface area contributed by atoms with Crippen molar-refractivity contribution < 1.29 is 4.79 Å². The van der Waals surface area contributed by atoms with Gasteiger partial charge in [-0.1, -0.05) is 17.7 Å². The highest BCUT2D eigenvalue weighted by atomic mass is 16.2. The summed E-state index contributed by atoms with van der Waals surface area (Å²) >= 11 is 0. The highest BCUT2D eigenvalue weighted by Crippen LogP contribution is 2.25. The molecule has 0 saturated heterocycles. The largest absolute Gasteiger partial charge is 0.370 e. The van der Waals surface area contributed by atoms with Gasteiger partial charge in [-0.25, -0.2) is 9.97 Å². The van der Waals surface area contributed by atoms with E-state index in [4.69, 9.17) is 11.1 Å². The van der Waals surface area contributed by atoms with Crippen LogP contribution in [0.5, 0.6) is 0 Å². The van der Waals surface area contributed by atoms with E-state index >= 15 is 0 Å². The summed E-state index contributed by atoms with van der Waals surface area (Å²) in [5, 5.41) is 13.4. The molecule has 3 aromatic rings. The van der Waals surface area contributed by atoms with Crippen molar-refractivity contribution in [1.29, 1.82) is 5.41 Å². The number of nitrogens with two attached hydrogens (primary N) is 1. The first-order valence-electron chi connectivity index (χ1n) is 7.25. The molecule has 1 aromatic carbocycles. The van der Waals surface area contributed by atoms with Gasteiger partial charge in [-0.05, 0) is 25.1 Å². The monoisotopic (exact) mass is 323 g/mol. The minimum absolute atomic E-state index is 0.340. The van der Waals surface area contributed by atoms with Gasteiger partial charge in [0.05, 0.1) is 5.39 Å². The molecule has 0 saturated carbocycles. The van der Waals surface area contributed by atoms with Gasteiger partial charge in [0.2, 0.25) is 0 Å². The molecule has 0 radical (unpaired) electrons. The minimum atomic E-state index is -0.468. The van der Waals surface area contributed by atoms with Crippen molar-refractivity contribution in [3.05, 3.63) is 47.9 Å². The molecule has 2 aromatic heterocycles. The lowest BCUT2D eigenvalue weighted by molar-refractivity contribution is 0.0969. The van der Waals surface area contributed by atoms with Crippen LogP contribution in [-0.4, -0.2) is 26.4 Å². The molecule has 5 N–H and O–H groups in total. The molecule has 8 nitrogen and oxygen atoms in total. The van der Waals surface area contributed by atoms with E-state index in [1.807, 2.05) is 31.2 Å². The summed E-state index contributed by atoms with van der Waals surface area (Å²) in [6.45, 7) is 2.02. The van der Waals surface area contributed by atoms with E-state index in [2.05, 4.69) is 20.6 Å². The van der Waals surface area contributed by atoms with Crippen LogP contribution in [0.15, 0.2) is 36.7 Å². The van der Waals surface area contributed by atoms with Crippen LogP contribution in [0.25, 0.3) is 11.0 Å². The molecule has 0 atom stereocenters. The second-order valence-electron chi connectivity index (χ2n) is 5.41. The van der Waals surface area contributed by atoms with E-state index in [1.54, 1.807) is 17.7 Å². The topological polar surface area (TPSA) is 122 Å². The van der Waals surface area contributed by atoms with Crippen LogP contribution in [0.1, 0.15) is 16.1 Å². The summed E-state index contributed by atoms with van der Waals surface area (Å²) in [7, 11) is 1.72. The first kappa shape index (κ1) is 15.5. The van der Waals surface area contributed by atoms with Gasteiger partial charge in [0.25, 0.3) is 5.91 Å². The first-order chi connectivity index (χ1) is 11.5. The molecule has 1 amide bonds. The maximum atomic E-state index is 12.1. The zero-order valence-electron chi connectivity index (χ0n) is 13.3. The molecule has 0 aliphatic heterocycles. The highest BCUT2D eigenvalue weighted by molar-refractivity contribution is 6.07. The molecule has 24 heavy (non-hydrogen) atoms. The molecule has 122 valence electrons. The molecule has 8 heteroatoms. The van der Waals surface area contributed by atoms with E-state index in [9.17, 15) is 4.79 Å². The Morgan fingerprint density at radius 3 is 2.62 bits per heavy atom. The first-order valence-corrected chi connectivity index (χ1v) is 7.25. The Bertz CT molecular complexity index is 927. The normalized spacial score (nSPS) is 10.6. The van der Waals surface area contributed by atoms with E-state index in [-0.39, 0.29) is 0 Å². The second-order valence-corrected chi connectivity index (χ2v) is 5.41. The number of benzene rings is 1. The molecule has 0 aliphatic rings. The van der Waals surface area contributed by atoms with Gasteiger partial charge in [0.1, 0.15) is 23.5 Å². The summed E-state index contributed by atoms with van der Waals surface area (Å²) in [4.78, 5) is 20.6. The summed E-state index contributed by atoms with van der Waals surface area (Å²) < 4.78 is 1.63. The van der Waals surface area contributed by atoms with Crippen LogP contribution >= 0.6 is 0 Å². The molecule has 0 unspecified atom stereocenters. The third-order valence-corrected chi connectivity index (χ3v) is 3.62. The second kappa shape index (κ2) is 5.99. The Hall–Kier alpha value is -3.42. The number of hydrogen-bond acceptors (Lipinski definition) is 5. The van der Waals surface area contributed by atoms with Crippen molar-refractivity contribution in [3.63, 3.8) is 0 Å². The Morgan fingerprint density at radius 2 is 1.96 bits per heavy atom. The molecule has 0 fully saturated rings. The predicted molar refractivity (Wildman–Crippen MR) is 92.4 cm³/mol. The average molecular weight is 323 g/mol. The van der Waals surface area contributed by atoms with Crippen molar-refractivity contribution in [1.82, 2.24) is 19.9 Å². The summed E-state index contributed by atoms with van der Waals surface area (Å²) in [6, 6.07) is 9.57. The van der Waals surface area contributed by atoms with Crippen molar-refractivity contribution in [2.75, 3.05) is 5.32 Å². The number of rotatable bonds is 3. The Labute approximate surface area is 138 Å². The van der Waals surface area contributed by atoms with Crippen LogP contribution in [0.2, 0.25) is 0 Å². The quantitative estimate of drug-likeness (QED) is 0.431. The summed E-state index contributed by atoms with van der Waals surface area (Å²) in [6.07, 6.45) is 1.44. The number of aryl methyl sites for hydroxylation is 2. The van der Waals surface area contributed by atoms with Gasteiger partial charge in [0, 0.05) is 12.7 Å². The molecule has 0 aliphatic carbocycles. The SMILES string of the molecule is Cc1ccc(Nc2ncnc3c2cc(C(=O)NC(=N)N)n3C)cc1. The number of carbonyl (C=O) groups is 1. The van der Waals surface area contributed by atoms with E-state index in [0.717, 1.165) is 11.3 Å². The number of carbonyl (C=O) groups excluding carboxylic acids is 1. The standard InChI is InChI=1S/C16H17N7O/c1-9-3-5-10(6-4-9)21-13-11-7-12(15(24)22-16(17)18)23(2)14(11)20-8-19-13/h3-8H,1-2H3,(H,19,20,21)(H4,17,18,22,24). The molecule has 3 rings (SSSR count). The van der Waals surface area contributed by atoms with Gasteiger partial charge in [-0.3, -0.25) is 15.5 Å². The maximum absolute atomic E-state index is 12.1. The summed E-state index contributed by atoms with van der Waals surface area (Å²) in [5.74, 6) is -0.278. The predicted octanol–water partition coefficient (Wildman–Crippen LogP) is 1.64. The molecule has 0 bridgehead atoms. The third-order valence-electron chi connectivity index (χ3n) is 3.62.